The van der Waals surface area contributed by atoms with Crippen LogP contribution in [0.5, 0.6) is 5.75 Å². The Morgan fingerprint density at radius 1 is 1.14 bits per heavy atom. The summed E-state index contributed by atoms with van der Waals surface area (Å²) in [5.74, 6) is -0.00733. The van der Waals surface area contributed by atoms with Gasteiger partial charge in [-0.05, 0) is 43.2 Å². The molecular weight excluding hydrogens is 360 g/mol. The molecule has 1 aliphatic heterocycles. The second-order valence-electron chi connectivity index (χ2n) is 6.80. The minimum absolute atomic E-state index is 0.0259. The summed E-state index contributed by atoms with van der Waals surface area (Å²) in [6.07, 6.45) is 1.50. The first-order valence-electron chi connectivity index (χ1n) is 9.19. The molecule has 144 valence electrons. The average Bonchev–Trinajstić information content (AvgIpc) is 3.16. The zero-order valence-corrected chi connectivity index (χ0v) is 15.2. The Labute approximate surface area is 161 Å². The van der Waals surface area contributed by atoms with Gasteiger partial charge in [-0.3, -0.25) is 4.79 Å². The van der Waals surface area contributed by atoms with Crippen LogP contribution in [0.1, 0.15) is 35.0 Å². The second-order valence-corrected chi connectivity index (χ2v) is 6.80. The minimum Gasteiger partial charge on any atom is -0.508 e. The number of fused-ring (bicyclic) bond motifs is 1. The molecular formula is C21H20N2O5. The molecule has 1 N–H and O–H groups in total. The molecule has 0 bridgehead atoms. The monoisotopic (exact) mass is 380 g/mol. The lowest BCUT2D eigenvalue weighted by molar-refractivity contribution is -0.135. The number of rotatable bonds is 4. The van der Waals surface area contributed by atoms with Crippen LogP contribution >= 0.6 is 0 Å². The van der Waals surface area contributed by atoms with Crippen molar-refractivity contribution in [3.63, 3.8) is 0 Å². The predicted molar refractivity (Wildman–Crippen MR) is 101 cm³/mol. The molecule has 1 saturated heterocycles. The fourth-order valence-electron chi connectivity index (χ4n) is 3.38. The molecule has 0 radical (unpaired) electrons. The molecule has 1 amide bonds. The van der Waals surface area contributed by atoms with Crippen molar-refractivity contribution in [1.29, 1.82) is 0 Å². The standard InChI is InChI=1S/C21H20N2O5/c24-16-5-3-4-15(12-16)21(26)27-13-19(25)23-10-8-14(9-11-23)20-22-17-6-1-2-7-18(17)28-20/h1-7,12,14,24H,8-11,13H2. The van der Waals surface area contributed by atoms with E-state index in [4.69, 9.17) is 9.15 Å². The number of esters is 1. The largest absolute Gasteiger partial charge is 0.508 e. The van der Waals surface area contributed by atoms with E-state index in [1.807, 2.05) is 24.3 Å². The molecule has 0 unspecified atom stereocenters. The van der Waals surface area contributed by atoms with Crippen LogP contribution < -0.4 is 0 Å². The van der Waals surface area contributed by atoms with Gasteiger partial charge >= 0.3 is 5.97 Å². The van der Waals surface area contributed by atoms with Crippen LogP contribution in [0, 0.1) is 0 Å². The van der Waals surface area contributed by atoms with Gasteiger partial charge in [0, 0.05) is 19.0 Å². The van der Waals surface area contributed by atoms with Crippen LogP contribution in [0.3, 0.4) is 0 Å². The van der Waals surface area contributed by atoms with Gasteiger partial charge in [0.05, 0.1) is 5.56 Å². The fourth-order valence-corrected chi connectivity index (χ4v) is 3.38. The van der Waals surface area contributed by atoms with Gasteiger partial charge in [-0.2, -0.15) is 0 Å². The summed E-state index contributed by atoms with van der Waals surface area (Å²) >= 11 is 0. The second kappa shape index (κ2) is 7.72. The highest BCUT2D eigenvalue weighted by atomic mass is 16.5. The van der Waals surface area contributed by atoms with Gasteiger partial charge in [-0.1, -0.05) is 18.2 Å². The first-order chi connectivity index (χ1) is 13.6. The number of piperidine rings is 1. The van der Waals surface area contributed by atoms with Gasteiger partial charge < -0.3 is 19.2 Å². The number of nitrogens with zero attached hydrogens (tertiary/aromatic N) is 2. The summed E-state index contributed by atoms with van der Waals surface area (Å²) in [5.41, 5.74) is 1.83. The van der Waals surface area contributed by atoms with E-state index in [2.05, 4.69) is 4.98 Å². The van der Waals surface area contributed by atoms with Gasteiger partial charge in [-0.25, -0.2) is 9.78 Å². The first-order valence-corrected chi connectivity index (χ1v) is 9.19. The molecule has 0 saturated carbocycles. The predicted octanol–water partition coefficient (Wildman–Crippen LogP) is 3.10. The normalized spacial score (nSPS) is 14.9. The lowest BCUT2D eigenvalue weighted by atomic mass is 9.97. The third-order valence-electron chi connectivity index (χ3n) is 4.92. The molecule has 4 rings (SSSR count). The molecule has 2 aromatic carbocycles. The number of hydrogen-bond donors (Lipinski definition) is 1. The molecule has 1 aromatic heterocycles. The Hall–Kier alpha value is -3.35. The van der Waals surface area contributed by atoms with Gasteiger partial charge in [0.15, 0.2) is 18.1 Å². The fraction of sp³-hybridized carbons (Fsp3) is 0.286. The van der Waals surface area contributed by atoms with Crippen LogP contribution in [0.4, 0.5) is 0 Å². The Morgan fingerprint density at radius 3 is 2.68 bits per heavy atom. The summed E-state index contributed by atoms with van der Waals surface area (Å²) in [6.45, 7) is 0.805. The smallest absolute Gasteiger partial charge is 0.338 e. The summed E-state index contributed by atoms with van der Waals surface area (Å²) in [7, 11) is 0. The van der Waals surface area contributed by atoms with Crippen LogP contribution in [-0.2, 0) is 9.53 Å². The van der Waals surface area contributed by atoms with Gasteiger partial charge in [0.1, 0.15) is 11.3 Å². The summed E-state index contributed by atoms with van der Waals surface area (Å²) in [6, 6.07) is 13.5. The maximum Gasteiger partial charge on any atom is 0.338 e. The van der Waals surface area contributed by atoms with Gasteiger partial charge in [0.2, 0.25) is 0 Å². The van der Waals surface area contributed by atoms with Gasteiger partial charge in [0.25, 0.3) is 5.91 Å². The molecule has 0 atom stereocenters. The Balaban J connectivity index is 1.29. The topological polar surface area (TPSA) is 92.9 Å². The number of benzene rings is 2. The number of carbonyl (C=O) groups is 2. The number of phenolic OH excluding ortho intramolecular Hbond substituents is 1. The van der Waals surface area contributed by atoms with Crippen molar-refractivity contribution < 1.29 is 23.8 Å². The number of ether oxygens (including phenoxy) is 1. The third-order valence-corrected chi connectivity index (χ3v) is 4.92. The van der Waals surface area contributed by atoms with Crippen molar-refractivity contribution in [1.82, 2.24) is 9.88 Å². The zero-order valence-electron chi connectivity index (χ0n) is 15.2. The number of carbonyl (C=O) groups excluding carboxylic acids is 2. The van der Waals surface area contributed by atoms with E-state index in [1.165, 1.54) is 18.2 Å². The molecule has 0 spiro atoms. The van der Waals surface area contributed by atoms with E-state index in [0.717, 1.165) is 23.9 Å². The Morgan fingerprint density at radius 2 is 1.93 bits per heavy atom. The Bertz CT molecular complexity index is 972. The van der Waals surface area contributed by atoms with Gasteiger partial charge in [-0.15, -0.1) is 0 Å². The van der Waals surface area contributed by atoms with Crippen LogP contribution in [-0.4, -0.2) is 46.6 Å². The number of phenols is 1. The molecule has 28 heavy (non-hydrogen) atoms. The molecule has 1 fully saturated rings. The molecule has 2 heterocycles. The minimum atomic E-state index is -0.634. The Kier molecular flexibility index (Phi) is 4.97. The van der Waals surface area contributed by atoms with Crippen molar-refractivity contribution in [3.05, 3.63) is 60.0 Å². The summed E-state index contributed by atoms with van der Waals surface area (Å²) < 4.78 is 10.9. The van der Waals surface area contributed by atoms with E-state index in [9.17, 15) is 14.7 Å². The summed E-state index contributed by atoms with van der Waals surface area (Å²) in [4.78, 5) is 30.6. The van der Waals surface area contributed by atoms with Crippen molar-refractivity contribution >= 4 is 23.0 Å². The van der Waals surface area contributed by atoms with E-state index in [1.54, 1.807) is 11.0 Å². The van der Waals surface area contributed by atoms with E-state index < -0.39 is 5.97 Å². The van der Waals surface area contributed by atoms with Crippen molar-refractivity contribution in [2.75, 3.05) is 19.7 Å². The maximum absolute atomic E-state index is 12.3. The molecule has 3 aromatic rings. The van der Waals surface area contributed by atoms with E-state index in [-0.39, 0.29) is 29.7 Å². The third kappa shape index (κ3) is 3.83. The number of aromatic nitrogens is 1. The van der Waals surface area contributed by atoms with Crippen LogP contribution in [0.15, 0.2) is 52.9 Å². The molecule has 0 aliphatic carbocycles. The number of likely N-dealkylation sites (tertiary alicyclic amines) is 1. The van der Waals surface area contributed by atoms with Crippen molar-refractivity contribution in [2.24, 2.45) is 0 Å². The zero-order chi connectivity index (χ0) is 19.5. The average molecular weight is 380 g/mol. The van der Waals surface area contributed by atoms with Crippen LogP contribution in [0.25, 0.3) is 11.1 Å². The van der Waals surface area contributed by atoms with E-state index >= 15 is 0 Å². The first kappa shape index (κ1) is 18.0. The van der Waals surface area contributed by atoms with Crippen molar-refractivity contribution in [2.45, 2.75) is 18.8 Å². The molecule has 7 heteroatoms. The number of oxazole rings is 1. The quantitative estimate of drug-likeness (QED) is 0.699. The molecule has 1 aliphatic rings. The number of aromatic hydroxyl groups is 1. The van der Waals surface area contributed by atoms with E-state index in [0.29, 0.717) is 19.0 Å². The number of amides is 1. The SMILES string of the molecule is O=C(OCC(=O)N1CCC(c2nc3ccccc3o2)CC1)c1cccc(O)c1. The number of hydrogen-bond acceptors (Lipinski definition) is 6. The highest BCUT2D eigenvalue weighted by Crippen LogP contribution is 2.29. The maximum atomic E-state index is 12.3. The summed E-state index contributed by atoms with van der Waals surface area (Å²) in [5, 5.41) is 9.41. The number of para-hydroxylation sites is 2. The lowest BCUT2D eigenvalue weighted by Crippen LogP contribution is -2.40. The van der Waals surface area contributed by atoms with Crippen LogP contribution in [0.2, 0.25) is 0 Å². The highest BCUT2D eigenvalue weighted by molar-refractivity contribution is 5.91. The lowest BCUT2D eigenvalue weighted by Gasteiger charge is -2.30. The highest BCUT2D eigenvalue weighted by Gasteiger charge is 2.27. The van der Waals surface area contributed by atoms with Crippen molar-refractivity contribution in [3.8, 4) is 5.75 Å². The molecule has 7 nitrogen and oxygen atoms in total.